The normalized spacial score (nSPS) is 9.08. The molecule has 1 aromatic carbocycles. The van der Waals surface area contributed by atoms with Crippen LogP contribution in [0.15, 0.2) is 23.2 Å². The maximum absolute atomic E-state index is 5.14. The quantitative estimate of drug-likeness (QED) is 0.543. The van der Waals surface area contributed by atoms with E-state index in [4.69, 9.17) is 4.74 Å². The first-order valence-electron chi connectivity index (χ1n) is 3.95. The van der Waals surface area contributed by atoms with Gasteiger partial charge in [0.25, 0.3) is 0 Å². The van der Waals surface area contributed by atoms with Crippen LogP contribution in [0.25, 0.3) is 0 Å². The summed E-state index contributed by atoms with van der Waals surface area (Å²) in [5, 5.41) is 2.34. The molecule has 3 heteroatoms. The first kappa shape index (κ1) is 9.90. The molecule has 1 rings (SSSR count). The maximum Gasteiger partial charge on any atom is 0.121 e. The summed E-state index contributed by atoms with van der Waals surface area (Å²) in [6, 6.07) is 5.95. The van der Waals surface area contributed by atoms with Crippen LogP contribution in [0.2, 0.25) is 0 Å². The number of nitrogens with zero attached hydrogens (tertiary/aromatic N) is 1. The van der Waals surface area contributed by atoms with Crippen molar-refractivity contribution in [3.05, 3.63) is 29.3 Å². The van der Waals surface area contributed by atoms with Gasteiger partial charge in [-0.2, -0.15) is 0 Å². The second kappa shape index (κ2) is 4.75. The van der Waals surface area contributed by atoms with Crippen molar-refractivity contribution >= 4 is 17.4 Å². The van der Waals surface area contributed by atoms with Crippen molar-refractivity contribution in [3.63, 3.8) is 0 Å². The number of isothiocyanates is 1. The molecule has 0 saturated carbocycles. The number of hydrogen-bond donors (Lipinski definition) is 0. The van der Waals surface area contributed by atoms with Crippen molar-refractivity contribution in [1.82, 2.24) is 0 Å². The Morgan fingerprint density at radius 3 is 2.85 bits per heavy atom. The molecule has 0 amide bonds. The zero-order valence-electron chi connectivity index (χ0n) is 7.70. The fraction of sp³-hybridized carbons (Fsp3) is 0.300. The molecule has 0 atom stereocenters. The van der Waals surface area contributed by atoms with E-state index in [0.29, 0.717) is 6.54 Å². The SMILES string of the molecule is COc1ccc(CN=C=S)cc1C. The average Bonchev–Trinajstić information content (AvgIpc) is 2.15. The molecule has 0 N–H and O–H groups in total. The Morgan fingerprint density at radius 2 is 2.31 bits per heavy atom. The second-order valence-corrected chi connectivity index (χ2v) is 2.89. The lowest BCUT2D eigenvalue weighted by molar-refractivity contribution is 0.411. The first-order valence-corrected chi connectivity index (χ1v) is 4.36. The van der Waals surface area contributed by atoms with Gasteiger partial charge in [-0.25, -0.2) is 4.99 Å². The molecular formula is C10H11NOS. The van der Waals surface area contributed by atoms with Gasteiger partial charge < -0.3 is 4.74 Å². The van der Waals surface area contributed by atoms with Crippen molar-refractivity contribution in [2.24, 2.45) is 4.99 Å². The molecule has 68 valence electrons. The highest BCUT2D eigenvalue weighted by Crippen LogP contribution is 2.18. The van der Waals surface area contributed by atoms with E-state index in [0.717, 1.165) is 16.9 Å². The van der Waals surface area contributed by atoms with Gasteiger partial charge in [-0.05, 0) is 36.3 Å². The number of aliphatic imine (C=N–C) groups is 1. The lowest BCUT2D eigenvalue weighted by Gasteiger charge is -2.04. The van der Waals surface area contributed by atoms with Crippen LogP contribution in [0, 0.1) is 6.92 Å². The topological polar surface area (TPSA) is 21.6 Å². The largest absolute Gasteiger partial charge is 0.496 e. The summed E-state index contributed by atoms with van der Waals surface area (Å²) >= 11 is 4.49. The van der Waals surface area contributed by atoms with E-state index >= 15 is 0 Å². The molecule has 0 radical (unpaired) electrons. The van der Waals surface area contributed by atoms with E-state index < -0.39 is 0 Å². The van der Waals surface area contributed by atoms with Gasteiger partial charge in [-0.3, -0.25) is 0 Å². The van der Waals surface area contributed by atoms with Crippen LogP contribution in [-0.4, -0.2) is 12.3 Å². The van der Waals surface area contributed by atoms with E-state index in [9.17, 15) is 0 Å². The van der Waals surface area contributed by atoms with Crippen LogP contribution < -0.4 is 4.74 Å². The molecule has 0 aliphatic rings. The fourth-order valence-electron chi connectivity index (χ4n) is 1.16. The zero-order chi connectivity index (χ0) is 9.68. The highest BCUT2D eigenvalue weighted by atomic mass is 32.1. The van der Waals surface area contributed by atoms with Crippen molar-refractivity contribution in [2.75, 3.05) is 7.11 Å². The summed E-state index contributed by atoms with van der Waals surface area (Å²) in [6.45, 7) is 2.60. The summed E-state index contributed by atoms with van der Waals surface area (Å²) in [5.41, 5.74) is 2.23. The summed E-state index contributed by atoms with van der Waals surface area (Å²) in [7, 11) is 1.66. The molecule has 0 fully saturated rings. The molecule has 0 bridgehead atoms. The number of thiocarbonyl (C=S) groups is 1. The van der Waals surface area contributed by atoms with Crippen LogP contribution >= 0.6 is 12.2 Å². The molecule has 0 aliphatic heterocycles. The summed E-state index contributed by atoms with van der Waals surface area (Å²) in [4.78, 5) is 3.86. The smallest absolute Gasteiger partial charge is 0.121 e. The van der Waals surface area contributed by atoms with E-state index in [1.165, 1.54) is 0 Å². The number of rotatable bonds is 3. The van der Waals surface area contributed by atoms with Crippen LogP contribution in [-0.2, 0) is 6.54 Å². The number of benzene rings is 1. The zero-order valence-corrected chi connectivity index (χ0v) is 8.52. The third-order valence-electron chi connectivity index (χ3n) is 1.79. The molecule has 0 heterocycles. The molecule has 0 aliphatic carbocycles. The highest BCUT2D eigenvalue weighted by molar-refractivity contribution is 7.78. The minimum atomic E-state index is 0.592. The molecule has 1 aromatic rings. The van der Waals surface area contributed by atoms with Crippen molar-refractivity contribution in [1.29, 1.82) is 0 Å². The predicted molar refractivity (Wildman–Crippen MR) is 56.5 cm³/mol. The van der Waals surface area contributed by atoms with Crippen molar-refractivity contribution < 1.29 is 4.74 Å². The number of ether oxygens (including phenoxy) is 1. The van der Waals surface area contributed by atoms with Crippen LogP contribution in [0.3, 0.4) is 0 Å². The molecular weight excluding hydrogens is 182 g/mol. The number of hydrogen-bond acceptors (Lipinski definition) is 3. The predicted octanol–water partition coefficient (Wildman–Crippen LogP) is 2.61. The average molecular weight is 193 g/mol. The van der Waals surface area contributed by atoms with Crippen molar-refractivity contribution in [3.8, 4) is 5.75 Å². The van der Waals surface area contributed by atoms with E-state index in [1.54, 1.807) is 7.11 Å². The Kier molecular flexibility index (Phi) is 3.62. The van der Waals surface area contributed by atoms with E-state index in [-0.39, 0.29) is 0 Å². The van der Waals surface area contributed by atoms with Gasteiger partial charge in [-0.15, -0.1) is 0 Å². The first-order chi connectivity index (χ1) is 6.27. The Morgan fingerprint density at radius 1 is 1.54 bits per heavy atom. The summed E-state index contributed by atoms with van der Waals surface area (Å²) in [6.07, 6.45) is 0. The number of methoxy groups -OCH3 is 1. The minimum Gasteiger partial charge on any atom is -0.496 e. The fourth-order valence-corrected chi connectivity index (χ4v) is 1.23. The van der Waals surface area contributed by atoms with Gasteiger partial charge in [0.1, 0.15) is 5.75 Å². The third-order valence-corrected chi connectivity index (χ3v) is 1.91. The van der Waals surface area contributed by atoms with Gasteiger partial charge in [0.2, 0.25) is 0 Å². The molecule has 0 saturated heterocycles. The van der Waals surface area contributed by atoms with Crippen LogP contribution in [0.4, 0.5) is 0 Å². The molecule has 13 heavy (non-hydrogen) atoms. The minimum absolute atomic E-state index is 0.592. The molecule has 0 unspecified atom stereocenters. The van der Waals surface area contributed by atoms with Crippen LogP contribution in [0.1, 0.15) is 11.1 Å². The lowest BCUT2D eigenvalue weighted by atomic mass is 10.1. The molecule has 0 spiro atoms. The third kappa shape index (κ3) is 2.65. The van der Waals surface area contributed by atoms with Gasteiger partial charge in [0, 0.05) is 0 Å². The Labute approximate surface area is 83.3 Å². The highest BCUT2D eigenvalue weighted by Gasteiger charge is 1.98. The Bertz CT molecular complexity index is 343. The van der Waals surface area contributed by atoms with Gasteiger partial charge in [-0.1, -0.05) is 12.1 Å². The van der Waals surface area contributed by atoms with Crippen molar-refractivity contribution in [2.45, 2.75) is 13.5 Å². The molecule has 2 nitrogen and oxygen atoms in total. The second-order valence-electron chi connectivity index (χ2n) is 2.71. The van der Waals surface area contributed by atoms with Gasteiger partial charge >= 0.3 is 0 Å². The van der Waals surface area contributed by atoms with Gasteiger partial charge in [0.15, 0.2) is 0 Å². The Hall–Kier alpha value is -1.18. The summed E-state index contributed by atoms with van der Waals surface area (Å²) < 4.78 is 5.14. The van der Waals surface area contributed by atoms with E-state index in [2.05, 4.69) is 22.4 Å². The number of aryl methyl sites for hydroxylation is 1. The lowest BCUT2D eigenvalue weighted by Crippen LogP contribution is -1.89. The maximum atomic E-state index is 5.14. The standard InChI is InChI=1S/C10H11NOS/c1-8-5-9(6-11-7-13)3-4-10(8)12-2/h3-5H,6H2,1-2H3. The van der Waals surface area contributed by atoms with Crippen LogP contribution in [0.5, 0.6) is 5.75 Å². The Balaban J connectivity index is 2.88. The monoisotopic (exact) mass is 193 g/mol. The van der Waals surface area contributed by atoms with E-state index in [1.807, 2.05) is 25.1 Å². The molecule has 0 aromatic heterocycles. The van der Waals surface area contributed by atoms with Gasteiger partial charge in [0.05, 0.1) is 18.8 Å². The summed E-state index contributed by atoms with van der Waals surface area (Å²) in [5.74, 6) is 0.898.